The molecule has 7 aromatic carbocycles. The fourth-order valence-electron chi connectivity index (χ4n) is 7.69. The van der Waals surface area contributed by atoms with Gasteiger partial charge in [0.15, 0.2) is 0 Å². The van der Waals surface area contributed by atoms with Crippen molar-refractivity contribution >= 4 is 27.8 Å². The van der Waals surface area contributed by atoms with Crippen molar-refractivity contribution in [2.45, 2.75) is 38.0 Å². The first-order chi connectivity index (χ1) is 23.4. The fraction of sp³-hybridized carbons (Fsp3) is 0.130. The summed E-state index contributed by atoms with van der Waals surface area (Å²) in [6.45, 7) is 0. The van der Waals surface area contributed by atoms with Crippen molar-refractivity contribution in [3.63, 3.8) is 0 Å². The Kier molecular flexibility index (Phi) is 8.12. The van der Waals surface area contributed by atoms with E-state index >= 15 is 0 Å². The summed E-state index contributed by atoms with van der Waals surface area (Å²) in [7, 11) is 0. The van der Waals surface area contributed by atoms with Gasteiger partial charge in [0.05, 0.1) is 17.1 Å². The van der Waals surface area contributed by atoms with Crippen LogP contribution in [0.5, 0.6) is 0 Å². The van der Waals surface area contributed by atoms with Gasteiger partial charge in [0, 0.05) is 16.7 Å². The van der Waals surface area contributed by atoms with E-state index in [0.29, 0.717) is 5.92 Å². The number of hydrogen-bond donors (Lipinski definition) is 0. The zero-order valence-electron chi connectivity index (χ0n) is 26.7. The number of anilines is 3. The van der Waals surface area contributed by atoms with Crippen molar-refractivity contribution in [3.8, 4) is 33.4 Å². The van der Waals surface area contributed by atoms with Crippen LogP contribution in [-0.2, 0) is 0 Å². The highest BCUT2D eigenvalue weighted by atomic mass is 15.1. The smallest absolute Gasteiger partial charge is 0.0540 e. The lowest BCUT2D eigenvalue weighted by Crippen LogP contribution is -2.13. The highest BCUT2D eigenvalue weighted by Crippen LogP contribution is 2.49. The van der Waals surface area contributed by atoms with E-state index in [1.54, 1.807) is 0 Å². The summed E-state index contributed by atoms with van der Waals surface area (Å²) in [5.41, 5.74) is 12.3. The molecule has 7 aromatic rings. The van der Waals surface area contributed by atoms with Gasteiger partial charge >= 0.3 is 0 Å². The molecule has 0 heterocycles. The molecule has 0 aromatic heterocycles. The van der Waals surface area contributed by atoms with Crippen LogP contribution >= 0.6 is 0 Å². The second-order valence-electron chi connectivity index (χ2n) is 12.7. The van der Waals surface area contributed by atoms with Crippen molar-refractivity contribution in [2.24, 2.45) is 0 Å². The van der Waals surface area contributed by atoms with Gasteiger partial charge < -0.3 is 4.90 Å². The van der Waals surface area contributed by atoms with Crippen LogP contribution < -0.4 is 4.90 Å². The van der Waals surface area contributed by atoms with Gasteiger partial charge in [0.1, 0.15) is 0 Å². The lowest BCUT2D eigenvalue weighted by Gasteiger charge is -2.32. The zero-order chi connectivity index (χ0) is 31.4. The van der Waals surface area contributed by atoms with Crippen LogP contribution in [-0.4, -0.2) is 0 Å². The van der Waals surface area contributed by atoms with Crippen LogP contribution in [0.4, 0.5) is 17.1 Å². The van der Waals surface area contributed by atoms with Gasteiger partial charge in [-0.25, -0.2) is 0 Å². The average Bonchev–Trinajstić information content (AvgIpc) is 3.16. The Bertz CT molecular complexity index is 2030. The fourth-order valence-corrected chi connectivity index (χ4v) is 7.69. The van der Waals surface area contributed by atoms with Crippen LogP contribution in [0.25, 0.3) is 44.2 Å². The summed E-state index contributed by atoms with van der Waals surface area (Å²) in [5, 5.41) is 2.73. The molecule has 1 fully saturated rings. The van der Waals surface area contributed by atoms with Gasteiger partial charge in [-0.2, -0.15) is 0 Å². The maximum Gasteiger partial charge on any atom is 0.0540 e. The summed E-state index contributed by atoms with van der Waals surface area (Å²) in [6, 6.07) is 62.1. The molecule has 0 radical (unpaired) electrons. The lowest BCUT2D eigenvalue weighted by atomic mass is 9.80. The predicted octanol–water partition coefficient (Wildman–Crippen LogP) is 13.4. The number of benzene rings is 7. The molecule has 228 valence electrons. The Hall–Kier alpha value is -5.40. The molecule has 0 atom stereocenters. The van der Waals surface area contributed by atoms with Crippen LogP contribution in [0.1, 0.15) is 43.6 Å². The first-order valence-corrected chi connectivity index (χ1v) is 17.1. The highest BCUT2D eigenvalue weighted by molar-refractivity contribution is 6.05. The van der Waals surface area contributed by atoms with E-state index in [9.17, 15) is 0 Å². The van der Waals surface area contributed by atoms with Gasteiger partial charge in [-0.05, 0) is 70.0 Å². The molecule has 1 aliphatic carbocycles. The molecule has 8 rings (SSSR count). The Labute approximate surface area is 278 Å². The minimum Gasteiger partial charge on any atom is -0.309 e. The topological polar surface area (TPSA) is 3.24 Å². The maximum absolute atomic E-state index is 2.50. The van der Waals surface area contributed by atoms with Crippen molar-refractivity contribution < 1.29 is 0 Å². The molecule has 0 saturated heterocycles. The SMILES string of the molecule is c1ccc(-c2ccccc2N(c2ccccc2-c2ccccc2)c2ccccc2-c2cccc3cccc(C4CCCCC4)c23)cc1. The average molecular weight is 606 g/mol. The minimum absolute atomic E-state index is 0.606. The van der Waals surface area contributed by atoms with Gasteiger partial charge in [-0.1, -0.05) is 171 Å². The van der Waals surface area contributed by atoms with Gasteiger partial charge in [0.25, 0.3) is 0 Å². The largest absolute Gasteiger partial charge is 0.309 e. The van der Waals surface area contributed by atoms with Crippen LogP contribution in [0.15, 0.2) is 170 Å². The molecule has 1 heteroatoms. The maximum atomic E-state index is 2.50. The van der Waals surface area contributed by atoms with Crippen LogP contribution in [0, 0.1) is 0 Å². The highest BCUT2D eigenvalue weighted by Gasteiger charge is 2.25. The van der Waals surface area contributed by atoms with E-state index in [4.69, 9.17) is 0 Å². The molecule has 1 saturated carbocycles. The van der Waals surface area contributed by atoms with Crippen molar-refractivity contribution in [1.29, 1.82) is 0 Å². The Balaban J connectivity index is 1.41. The van der Waals surface area contributed by atoms with Gasteiger partial charge in [0.2, 0.25) is 0 Å². The molecule has 0 amide bonds. The first kappa shape index (κ1) is 29.0. The van der Waals surface area contributed by atoms with E-state index in [-0.39, 0.29) is 0 Å². The Morgan fingerprint density at radius 2 is 0.809 bits per heavy atom. The van der Waals surface area contributed by atoms with Gasteiger partial charge in [-0.15, -0.1) is 0 Å². The second kappa shape index (κ2) is 13.1. The summed E-state index contributed by atoms with van der Waals surface area (Å²) in [5.74, 6) is 0.606. The standard InChI is InChI=1S/C46H39N/c1-4-18-34(19-5-1)38-26-10-13-31-43(38)47(44-32-14-11-27-39(44)35-20-6-2-7-21-35)45-33-15-12-28-41(45)42-30-17-25-37-24-16-29-40(46(37)42)36-22-8-3-9-23-36/h1-2,4-7,10-21,24-33,36H,3,8-9,22-23H2. The van der Waals surface area contributed by atoms with Crippen molar-refractivity contribution in [2.75, 3.05) is 4.90 Å². The molecule has 0 unspecified atom stereocenters. The monoisotopic (exact) mass is 605 g/mol. The van der Waals surface area contributed by atoms with E-state index in [0.717, 1.165) is 11.4 Å². The number of nitrogens with zero attached hydrogens (tertiary/aromatic N) is 1. The molecule has 0 spiro atoms. The molecule has 0 N–H and O–H groups in total. The number of para-hydroxylation sites is 3. The van der Waals surface area contributed by atoms with E-state index in [1.807, 2.05) is 0 Å². The first-order valence-electron chi connectivity index (χ1n) is 17.1. The number of hydrogen-bond acceptors (Lipinski definition) is 1. The predicted molar refractivity (Wildman–Crippen MR) is 201 cm³/mol. The number of fused-ring (bicyclic) bond motifs is 1. The molecule has 0 aliphatic heterocycles. The molecular formula is C46H39N. The summed E-state index contributed by atoms with van der Waals surface area (Å²) in [4.78, 5) is 2.50. The van der Waals surface area contributed by atoms with Crippen LogP contribution in [0.2, 0.25) is 0 Å². The molecule has 47 heavy (non-hydrogen) atoms. The summed E-state index contributed by atoms with van der Waals surface area (Å²) >= 11 is 0. The minimum atomic E-state index is 0.606. The van der Waals surface area contributed by atoms with E-state index in [1.165, 1.54) is 87.5 Å². The third-order valence-corrected chi connectivity index (χ3v) is 9.88. The molecule has 1 nitrogen and oxygen atoms in total. The molecule has 0 bridgehead atoms. The molecule has 1 aliphatic rings. The van der Waals surface area contributed by atoms with Crippen LogP contribution in [0.3, 0.4) is 0 Å². The number of rotatable bonds is 7. The van der Waals surface area contributed by atoms with E-state index in [2.05, 4.69) is 175 Å². The molecular weight excluding hydrogens is 567 g/mol. The van der Waals surface area contributed by atoms with Gasteiger partial charge in [-0.3, -0.25) is 0 Å². The summed E-state index contributed by atoms with van der Waals surface area (Å²) in [6.07, 6.45) is 6.54. The van der Waals surface area contributed by atoms with E-state index < -0.39 is 0 Å². The third kappa shape index (κ3) is 5.64. The second-order valence-corrected chi connectivity index (χ2v) is 12.7. The zero-order valence-corrected chi connectivity index (χ0v) is 26.7. The normalized spacial score (nSPS) is 13.4. The quantitative estimate of drug-likeness (QED) is 0.175. The summed E-state index contributed by atoms with van der Waals surface area (Å²) < 4.78 is 0. The lowest BCUT2D eigenvalue weighted by molar-refractivity contribution is 0.445. The van der Waals surface area contributed by atoms with Crippen molar-refractivity contribution in [3.05, 3.63) is 175 Å². The Morgan fingerprint density at radius 3 is 1.38 bits per heavy atom. The Morgan fingerprint density at radius 1 is 0.362 bits per heavy atom. The third-order valence-electron chi connectivity index (χ3n) is 9.88. The van der Waals surface area contributed by atoms with Crippen molar-refractivity contribution in [1.82, 2.24) is 0 Å².